The molecule has 3 atom stereocenters. The van der Waals surface area contributed by atoms with E-state index in [2.05, 4.69) is 5.32 Å². The van der Waals surface area contributed by atoms with Crippen LogP contribution in [0.5, 0.6) is 0 Å². The van der Waals surface area contributed by atoms with Gasteiger partial charge >= 0.3 is 5.97 Å². The minimum Gasteiger partial charge on any atom is -0.454 e. The number of carbonyl (C=O) groups is 4. The lowest BCUT2D eigenvalue weighted by molar-refractivity contribution is -0.160. The zero-order chi connectivity index (χ0) is 29.0. The van der Waals surface area contributed by atoms with Crippen LogP contribution in [-0.4, -0.2) is 41.2 Å². The average molecular weight is 591 g/mol. The van der Waals surface area contributed by atoms with Gasteiger partial charge in [0.05, 0.1) is 27.6 Å². The maximum atomic E-state index is 14.1. The summed E-state index contributed by atoms with van der Waals surface area (Å²) in [5.41, 5.74) is 4.50. The topological polar surface area (TPSA) is 92.8 Å². The van der Waals surface area contributed by atoms with Crippen LogP contribution in [0.4, 0.5) is 5.69 Å². The minimum atomic E-state index is -1.14. The number of hydrogen-bond donors (Lipinski definition) is 1. The van der Waals surface area contributed by atoms with Crippen LogP contribution in [0.1, 0.15) is 54.4 Å². The highest BCUT2D eigenvalue weighted by molar-refractivity contribution is 6.44. The maximum absolute atomic E-state index is 14.1. The van der Waals surface area contributed by atoms with Gasteiger partial charge in [0.25, 0.3) is 5.91 Å². The van der Waals surface area contributed by atoms with Gasteiger partial charge in [-0.05, 0) is 46.7 Å². The number of ether oxygens (including phenoxy) is 1. The van der Waals surface area contributed by atoms with Crippen molar-refractivity contribution in [2.24, 2.45) is 17.8 Å². The zero-order valence-corrected chi connectivity index (χ0v) is 24.0. The van der Waals surface area contributed by atoms with Crippen LogP contribution in [-0.2, 0) is 23.9 Å². The second-order valence-corrected chi connectivity index (χ2v) is 12.0. The number of nitrogens with one attached hydrogen (secondary N) is 1. The maximum Gasteiger partial charge on any atom is 0.329 e. The summed E-state index contributed by atoms with van der Waals surface area (Å²) in [6.45, 7) is 3.20. The second-order valence-electron chi connectivity index (χ2n) is 11.2. The van der Waals surface area contributed by atoms with Gasteiger partial charge in [-0.25, -0.2) is 4.79 Å². The molecular weight excluding hydrogens is 563 g/mol. The Kier molecular flexibility index (Phi) is 7.12. The normalized spacial score (nSPS) is 22.7. The van der Waals surface area contributed by atoms with Gasteiger partial charge in [0.2, 0.25) is 11.8 Å². The molecule has 1 saturated heterocycles. The molecule has 3 amide bonds. The first-order chi connectivity index (χ1) is 19.7. The molecule has 4 aliphatic rings. The van der Waals surface area contributed by atoms with Gasteiger partial charge < -0.3 is 10.1 Å². The molecule has 1 aliphatic heterocycles. The molecule has 210 valence electrons. The first kappa shape index (κ1) is 27.5. The third-order valence-corrected chi connectivity index (χ3v) is 9.15. The number of esters is 1. The van der Waals surface area contributed by atoms with Crippen molar-refractivity contribution in [1.82, 2.24) is 4.90 Å². The molecule has 3 aliphatic carbocycles. The van der Waals surface area contributed by atoms with E-state index in [0.717, 1.165) is 27.2 Å². The van der Waals surface area contributed by atoms with Gasteiger partial charge in [0.1, 0.15) is 6.04 Å². The first-order valence-electron chi connectivity index (χ1n) is 13.6. The number of benzene rings is 3. The van der Waals surface area contributed by atoms with Crippen molar-refractivity contribution in [1.29, 1.82) is 0 Å². The number of anilines is 1. The summed E-state index contributed by atoms with van der Waals surface area (Å²) in [6.07, 6.45) is 0.215. The van der Waals surface area contributed by atoms with Crippen LogP contribution in [0.25, 0.3) is 0 Å². The fourth-order valence-corrected chi connectivity index (χ4v) is 7.13. The number of nitrogens with zero attached hydrogens (tertiary/aromatic N) is 1. The number of carbonyl (C=O) groups excluding carboxylic acids is 4. The third-order valence-electron chi connectivity index (χ3n) is 8.33. The standard InChI is InChI=1S/C32H28Cl2N2O5/c1-16(2)14-23(32(40)41-15-24(37)35-22-13-7-12-21(33)29(22)34)36-30(38)27-25-17-8-3-4-9-18(17)26(28(27)31(36)39)20-11-6-5-10-19(20)25/h3-13,16,23,25-28H,14-15H2,1-2H3,(H,35,37)/t23-,25?,26?,27-,28+/m1/s1. The molecule has 3 aromatic carbocycles. The van der Waals surface area contributed by atoms with Crippen LogP contribution in [0, 0.1) is 17.8 Å². The van der Waals surface area contributed by atoms with Gasteiger partial charge in [-0.3, -0.25) is 19.3 Å². The first-order valence-corrected chi connectivity index (χ1v) is 14.4. The van der Waals surface area contributed by atoms with Gasteiger partial charge in [-0.2, -0.15) is 0 Å². The Hall–Kier alpha value is -3.68. The van der Waals surface area contributed by atoms with E-state index in [4.69, 9.17) is 27.9 Å². The van der Waals surface area contributed by atoms with Gasteiger partial charge in [-0.1, -0.05) is 91.6 Å². The number of rotatable bonds is 7. The minimum absolute atomic E-state index is 0.0269. The van der Waals surface area contributed by atoms with Crippen LogP contribution in [0.15, 0.2) is 66.7 Å². The smallest absolute Gasteiger partial charge is 0.329 e. The van der Waals surface area contributed by atoms with Crippen molar-refractivity contribution in [2.45, 2.75) is 38.1 Å². The summed E-state index contributed by atoms with van der Waals surface area (Å²) in [6, 6.07) is 19.6. The summed E-state index contributed by atoms with van der Waals surface area (Å²) in [5.74, 6) is -3.93. The molecule has 7 nitrogen and oxygen atoms in total. The summed E-state index contributed by atoms with van der Waals surface area (Å²) in [5, 5.41) is 3.01. The van der Waals surface area contributed by atoms with Gasteiger partial charge in [0.15, 0.2) is 6.61 Å². The number of halogens is 2. The lowest BCUT2D eigenvalue weighted by Crippen LogP contribution is -2.47. The van der Waals surface area contributed by atoms with Crippen LogP contribution >= 0.6 is 23.2 Å². The molecule has 1 fully saturated rings. The highest BCUT2D eigenvalue weighted by Crippen LogP contribution is 2.61. The molecule has 1 heterocycles. The Labute approximate surface area is 247 Å². The summed E-state index contributed by atoms with van der Waals surface area (Å²) in [4.78, 5) is 55.4. The van der Waals surface area contributed by atoms with E-state index in [0.29, 0.717) is 0 Å². The average Bonchev–Trinajstić information content (AvgIpc) is 3.22. The van der Waals surface area contributed by atoms with Crippen molar-refractivity contribution in [3.63, 3.8) is 0 Å². The lowest BCUT2D eigenvalue weighted by Gasteiger charge is -2.45. The monoisotopic (exact) mass is 590 g/mol. The Morgan fingerprint density at radius 1 is 0.829 bits per heavy atom. The number of amides is 3. The van der Waals surface area contributed by atoms with E-state index in [1.54, 1.807) is 18.2 Å². The molecule has 41 heavy (non-hydrogen) atoms. The van der Waals surface area contributed by atoms with Gasteiger partial charge in [0, 0.05) is 11.8 Å². The van der Waals surface area contributed by atoms with Gasteiger partial charge in [-0.15, -0.1) is 0 Å². The van der Waals surface area contributed by atoms with E-state index < -0.39 is 36.4 Å². The SMILES string of the molecule is CC(C)C[C@H](C(=O)OCC(=O)Nc1cccc(Cl)c1Cl)N1C(=O)[C@@H]2C3c4ccccc4C(c4ccccc43)[C@@H]2C1=O. The van der Waals surface area contributed by atoms with Crippen molar-refractivity contribution in [3.8, 4) is 0 Å². The van der Waals surface area contributed by atoms with E-state index >= 15 is 0 Å². The van der Waals surface area contributed by atoms with E-state index in [1.807, 2.05) is 62.4 Å². The Balaban J connectivity index is 1.27. The highest BCUT2D eigenvalue weighted by atomic mass is 35.5. The van der Waals surface area contributed by atoms with Crippen molar-refractivity contribution < 1.29 is 23.9 Å². The molecule has 0 aromatic heterocycles. The number of hydrogen-bond acceptors (Lipinski definition) is 5. The molecule has 0 spiro atoms. The summed E-state index contributed by atoms with van der Waals surface area (Å²) >= 11 is 12.2. The molecular formula is C32H28Cl2N2O5. The van der Waals surface area contributed by atoms with Crippen LogP contribution in [0.2, 0.25) is 10.0 Å². The Morgan fingerprint density at radius 2 is 1.34 bits per heavy atom. The van der Waals surface area contributed by atoms with E-state index in [1.165, 1.54) is 0 Å². The summed E-state index contributed by atoms with van der Waals surface area (Å²) < 4.78 is 5.39. The Morgan fingerprint density at radius 3 is 1.83 bits per heavy atom. The second kappa shape index (κ2) is 10.6. The molecule has 7 rings (SSSR count). The molecule has 9 heteroatoms. The predicted octanol–water partition coefficient (Wildman–Crippen LogP) is 5.78. The van der Waals surface area contributed by atoms with Crippen LogP contribution in [0.3, 0.4) is 0 Å². The quantitative estimate of drug-likeness (QED) is 0.278. The van der Waals surface area contributed by atoms with E-state index in [9.17, 15) is 19.2 Å². The molecule has 0 saturated carbocycles. The van der Waals surface area contributed by atoms with Crippen molar-refractivity contribution in [3.05, 3.63) is 99.0 Å². The highest BCUT2D eigenvalue weighted by Gasteiger charge is 2.63. The zero-order valence-electron chi connectivity index (χ0n) is 22.5. The number of likely N-dealkylation sites (tertiary alicyclic amines) is 1. The fraction of sp³-hybridized carbons (Fsp3) is 0.312. The fourth-order valence-electron chi connectivity index (χ4n) is 6.78. The Bertz CT molecular complexity index is 1470. The lowest BCUT2D eigenvalue weighted by atomic mass is 9.55. The number of imide groups is 1. The molecule has 0 radical (unpaired) electrons. The van der Waals surface area contributed by atoms with Crippen molar-refractivity contribution in [2.75, 3.05) is 11.9 Å². The van der Waals surface area contributed by atoms with Crippen molar-refractivity contribution >= 4 is 52.6 Å². The molecule has 3 aromatic rings. The predicted molar refractivity (Wildman–Crippen MR) is 155 cm³/mol. The molecule has 2 bridgehead atoms. The third kappa shape index (κ3) is 4.52. The largest absolute Gasteiger partial charge is 0.454 e. The molecule has 1 N–H and O–H groups in total. The summed E-state index contributed by atoms with van der Waals surface area (Å²) in [7, 11) is 0. The van der Waals surface area contributed by atoms with Crippen LogP contribution < -0.4 is 5.32 Å². The molecule has 0 unspecified atom stereocenters. The van der Waals surface area contributed by atoms with E-state index in [-0.39, 0.29) is 51.7 Å².